The smallest absolute Gasteiger partial charge is 0.0937 e. The fourth-order valence-electron chi connectivity index (χ4n) is 8.81. The number of hydrogen-bond acceptors (Lipinski definition) is 4. The van der Waals surface area contributed by atoms with Crippen LogP contribution in [0.4, 0.5) is 0 Å². The summed E-state index contributed by atoms with van der Waals surface area (Å²) in [4.78, 5) is 0. The summed E-state index contributed by atoms with van der Waals surface area (Å²) < 4.78 is 11.6. The number of ether oxygens (including phenoxy) is 1. The molecule has 4 aliphatic carbocycles. The van der Waals surface area contributed by atoms with Crippen LogP contribution in [0.1, 0.15) is 96.0 Å². The molecule has 1 aromatic rings. The Bertz CT molecular complexity index is 746. The first kappa shape index (κ1) is 22.0. The summed E-state index contributed by atoms with van der Waals surface area (Å²) in [5, 5.41) is 21.3. The van der Waals surface area contributed by atoms with Crippen LogP contribution in [0.25, 0.3) is 0 Å². The van der Waals surface area contributed by atoms with Gasteiger partial charge >= 0.3 is 0 Å². The third-order valence-electron chi connectivity index (χ3n) is 10.7. The molecule has 0 amide bonds. The zero-order chi connectivity index (χ0) is 21.7. The number of unbranched alkanes of at least 4 members (excludes halogenated alkanes) is 1. The minimum absolute atomic E-state index is 0.0335. The van der Waals surface area contributed by atoms with Crippen LogP contribution >= 0.6 is 0 Å². The molecule has 174 valence electrons. The molecule has 4 fully saturated rings. The van der Waals surface area contributed by atoms with Gasteiger partial charge < -0.3 is 19.4 Å². The van der Waals surface area contributed by atoms with Crippen LogP contribution < -0.4 is 0 Å². The minimum Gasteiger partial charge on any atom is -0.472 e. The highest BCUT2D eigenvalue weighted by atomic mass is 16.5. The maximum absolute atomic E-state index is 12.3. The van der Waals surface area contributed by atoms with Crippen LogP contribution in [-0.2, 0) is 4.74 Å². The molecule has 2 N–H and O–H groups in total. The number of furan rings is 1. The Morgan fingerprint density at radius 1 is 1.03 bits per heavy atom. The van der Waals surface area contributed by atoms with E-state index < -0.39 is 5.60 Å². The van der Waals surface area contributed by atoms with Crippen molar-refractivity contribution in [3.05, 3.63) is 24.2 Å². The molecule has 31 heavy (non-hydrogen) atoms. The fourth-order valence-corrected chi connectivity index (χ4v) is 8.81. The van der Waals surface area contributed by atoms with E-state index in [9.17, 15) is 5.11 Å². The fraction of sp³-hybridized carbons (Fsp3) is 0.852. The van der Waals surface area contributed by atoms with Crippen molar-refractivity contribution in [2.75, 3.05) is 13.2 Å². The van der Waals surface area contributed by atoms with E-state index in [0.717, 1.165) is 51.0 Å². The molecule has 0 spiro atoms. The molecule has 0 bridgehead atoms. The van der Waals surface area contributed by atoms with E-state index >= 15 is 0 Å². The van der Waals surface area contributed by atoms with Crippen LogP contribution in [0, 0.1) is 28.6 Å². The van der Waals surface area contributed by atoms with E-state index in [0.29, 0.717) is 29.3 Å². The normalized spacial score (nSPS) is 46.9. The molecule has 4 heteroatoms. The summed E-state index contributed by atoms with van der Waals surface area (Å²) in [6.45, 7) is 5.97. The summed E-state index contributed by atoms with van der Waals surface area (Å²) in [5.74, 6) is 2.23. The third-order valence-corrected chi connectivity index (χ3v) is 10.7. The molecule has 0 radical (unpaired) electrons. The molecule has 5 rings (SSSR count). The van der Waals surface area contributed by atoms with Crippen molar-refractivity contribution in [1.29, 1.82) is 0 Å². The lowest BCUT2D eigenvalue weighted by atomic mass is 9.43. The topological polar surface area (TPSA) is 62.8 Å². The van der Waals surface area contributed by atoms with Gasteiger partial charge in [-0.25, -0.2) is 0 Å². The summed E-state index contributed by atoms with van der Waals surface area (Å²) in [5.41, 5.74) is 1.06. The average molecular weight is 431 g/mol. The van der Waals surface area contributed by atoms with Gasteiger partial charge in [0.25, 0.3) is 0 Å². The van der Waals surface area contributed by atoms with Crippen molar-refractivity contribution in [1.82, 2.24) is 0 Å². The standard InChI is InChI=1S/C27H42O4/c1-25-11-7-21(31-15-4-3-14-28)17-20(25)5-6-24-23(25)8-12-26(2)22(9-13-27(24,26)29)19-10-16-30-18-19/h10,16,18,20-24,28-29H,3-9,11-15,17H2,1-2H3/t20-,21+,22-,23+,24-,25+,26-,27+/m1/s1. The van der Waals surface area contributed by atoms with Crippen molar-refractivity contribution in [2.24, 2.45) is 28.6 Å². The van der Waals surface area contributed by atoms with Crippen molar-refractivity contribution in [2.45, 2.75) is 102 Å². The van der Waals surface area contributed by atoms with Gasteiger partial charge in [0.1, 0.15) is 0 Å². The van der Waals surface area contributed by atoms with E-state index in [1.807, 2.05) is 6.26 Å². The summed E-state index contributed by atoms with van der Waals surface area (Å²) >= 11 is 0. The predicted octanol–water partition coefficient (Wildman–Crippen LogP) is 5.68. The van der Waals surface area contributed by atoms with E-state index in [2.05, 4.69) is 19.9 Å². The Hall–Kier alpha value is -0.840. The molecular formula is C27H42O4. The van der Waals surface area contributed by atoms with E-state index in [4.69, 9.17) is 14.3 Å². The SMILES string of the molecule is C[C@]12CC[C@H](OCCCCO)C[C@H]1CC[C@@H]1[C@@H]2CC[C@]2(C)[C@@H](c3ccoc3)CC[C@]12O. The van der Waals surface area contributed by atoms with Crippen LogP contribution in [0.3, 0.4) is 0 Å². The number of hydrogen-bond donors (Lipinski definition) is 2. The lowest BCUT2D eigenvalue weighted by Gasteiger charge is -2.63. The van der Waals surface area contributed by atoms with Crippen LogP contribution in [-0.4, -0.2) is 35.1 Å². The third kappa shape index (κ3) is 3.35. The van der Waals surface area contributed by atoms with Crippen LogP contribution in [0.2, 0.25) is 0 Å². The Morgan fingerprint density at radius 2 is 1.90 bits per heavy atom. The molecular weight excluding hydrogens is 388 g/mol. The first-order chi connectivity index (χ1) is 14.9. The molecule has 0 aromatic carbocycles. The van der Waals surface area contributed by atoms with Gasteiger partial charge in [0.15, 0.2) is 0 Å². The molecule has 0 saturated heterocycles. The molecule has 1 aromatic heterocycles. The highest BCUT2D eigenvalue weighted by Gasteiger charge is 2.67. The van der Waals surface area contributed by atoms with Gasteiger partial charge in [-0.3, -0.25) is 0 Å². The first-order valence-electron chi connectivity index (χ1n) is 12.9. The predicted molar refractivity (Wildman–Crippen MR) is 121 cm³/mol. The van der Waals surface area contributed by atoms with Crippen molar-refractivity contribution < 1.29 is 19.4 Å². The number of aliphatic hydroxyl groups excluding tert-OH is 1. The molecule has 0 unspecified atom stereocenters. The summed E-state index contributed by atoms with van der Waals surface area (Å²) in [6, 6.07) is 2.12. The second-order valence-electron chi connectivity index (χ2n) is 11.7. The van der Waals surface area contributed by atoms with Gasteiger partial charge in [-0.05, 0) is 111 Å². The Morgan fingerprint density at radius 3 is 2.68 bits per heavy atom. The van der Waals surface area contributed by atoms with Gasteiger partial charge in [-0.2, -0.15) is 0 Å². The van der Waals surface area contributed by atoms with Gasteiger partial charge in [-0.1, -0.05) is 13.8 Å². The zero-order valence-electron chi connectivity index (χ0n) is 19.5. The monoisotopic (exact) mass is 430 g/mol. The molecule has 8 atom stereocenters. The molecule has 4 nitrogen and oxygen atoms in total. The maximum atomic E-state index is 12.3. The number of rotatable bonds is 6. The largest absolute Gasteiger partial charge is 0.472 e. The van der Waals surface area contributed by atoms with Gasteiger partial charge in [0.05, 0.1) is 24.2 Å². The summed E-state index contributed by atoms with van der Waals surface area (Å²) in [7, 11) is 0. The van der Waals surface area contributed by atoms with E-state index in [-0.39, 0.29) is 12.0 Å². The van der Waals surface area contributed by atoms with Gasteiger partial charge in [0.2, 0.25) is 0 Å². The lowest BCUT2D eigenvalue weighted by Crippen LogP contribution is -2.62. The quantitative estimate of drug-likeness (QED) is 0.570. The van der Waals surface area contributed by atoms with Crippen molar-refractivity contribution >= 4 is 0 Å². The van der Waals surface area contributed by atoms with E-state index in [1.54, 1.807) is 6.26 Å². The molecule has 1 heterocycles. The lowest BCUT2D eigenvalue weighted by molar-refractivity contribution is -0.207. The van der Waals surface area contributed by atoms with Gasteiger partial charge in [-0.15, -0.1) is 0 Å². The Balaban J connectivity index is 1.31. The first-order valence-corrected chi connectivity index (χ1v) is 12.9. The number of aliphatic hydroxyl groups is 2. The molecule has 4 saturated carbocycles. The second kappa shape index (κ2) is 8.18. The van der Waals surface area contributed by atoms with Gasteiger partial charge in [0, 0.05) is 18.6 Å². The average Bonchev–Trinajstić information content (AvgIpc) is 3.37. The Kier molecular flexibility index (Phi) is 5.80. The second-order valence-corrected chi connectivity index (χ2v) is 11.7. The Labute approximate surface area is 187 Å². The minimum atomic E-state index is -0.538. The summed E-state index contributed by atoms with van der Waals surface area (Å²) in [6.07, 6.45) is 16.3. The van der Waals surface area contributed by atoms with E-state index in [1.165, 1.54) is 37.7 Å². The zero-order valence-corrected chi connectivity index (χ0v) is 19.5. The van der Waals surface area contributed by atoms with Crippen molar-refractivity contribution in [3.8, 4) is 0 Å². The molecule has 4 aliphatic rings. The highest BCUT2D eigenvalue weighted by Crippen LogP contribution is 2.70. The molecule has 0 aliphatic heterocycles. The van der Waals surface area contributed by atoms with Crippen molar-refractivity contribution in [3.63, 3.8) is 0 Å². The number of fused-ring (bicyclic) bond motifs is 5. The maximum Gasteiger partial charge on any atom is 0.0937 e. The highest BCUT2D eigenvalue weighted by molar-refractivity contribution is 5.26. The van der Waals surface area contributed by atoms with Crippen LogP contribution in [0.5, 0.6) is 0 Å². The van der Waals surface area contributed by atoms with Crippen LogP contribution in [0.15, 0.2) is 23.0 Å².